The summed E-state index contributed by atoms with van der Waals surface area (Å²) in [4.78, 5) is 0. The van der Waals surface area contributed by atoms with Gasteiger partial charge in [-0.2, -0.15) is 13.2 Å². The fourth-order valence-electron chi connectivity index (χ4n) is 1.30. The third-order valence-electron chi connectivity index (χ3n) is 2.57. The summed E-state index contributed by atoms with van der Waals surface area (Å²) < 4.78 is 35.4. The summed E-state index contributed by atoms with van der Waals surface area (Å²) in [7, 11) is 0. The monoisotopic (exact) mass is 240 g/mol. The average molecular weight is 240 g/mol. The largest absolute Gasteiger partial charge is 0.389 e. The molecule has 0 saturated heterocycles. The smallest absolute Gasteiger partial charge is 0.327 e. The van der Waals surface area contributed by atoms with Gasteiger partial charge in [0.05, 0.1) is 0 Å². The summed E-state index contributed by atoms with van der Waals surface area (Å²) in [5.41, 5.74) is 5.83. The lowest BCUT2D eigenvalue weighted by Gasteiger charge is -2.15. The number of alkyl halides is 3. The number of hydrogen-bond acceptors (Lipinski definition) is 2. The zero-order valence-electron chi connectivity index (χ0n) is 10.1. The van der Waals surface area contributed by atoms with Crippen molar-refractivity contribution in [3.05, 3.63) is 0 Å². The molecule has 0 aliphatic carbocycles. The molecule has 0 amide bonds. The maximum Gasteiger partial charge on any atom is 0.389 e. The maximum atomic E-state index is 11.8. The number of rotatable bonds is 8. The topological polar surface area (TPSA) is 38.0 Å². The fraction of sp³-hybridized carbons (Fsp3) is 1.00. The Morgan fingerprint density at radius 3 is 2.25 bits per heavy atom. The van der Waals surface area contributed by atoms with Gasteiger partial charge in [-0.15, -0.1) is 0 Å². The molecule has 0 spiro atoms. The summed E-state index contributed by atoms with van der Waals surface area (Å²) in [5.74, 6) is 0.451. The van der Waals surface area contributed by atoms with Crippen LogP contribution in [-0.2, 0) is 0 Å². The third kappa shape index (κ3) is 10.2. The van der Waals surface area contributed by atoms with Crippen LogP contribution in [-0.4, -0.2) is 25.3 Å². The second kappa shape index (κ2) is 7.90. The zero-order valence-corrected chi connectivity index (χ0v) is 10.1. The first-order valence-corrected chi connectivity index (χ1v) is 5.86. The number of halogens is 3. The Kier molecular flexibility index (Phi) is 7.76. The Morgan fingerprint density at radius 1 is 1.12 bits per heavy atom. The van der Waals surface area contributed by atoms with E-state index >= 15 is 0 Å². The lowest BCUT2D eigenvalue weighted by Crippen LogP contribution is -2.31. The molecule has 98 valence electrons. The van der Waals surface area contributed by atoms with Crippen molar-refractivity contribution in [1.82, 2.24) is 5.32 Å². The molecule has 5 heteroatoms. The number of unbranched alkanes of at least 4 members (excludes halogenated alkanes) is 1. The van der Waals surface area contributed by atoms with Crippen LogP contribution in [0.2, 0.25) is 0 Å². The molecule has 16 heavy (non-hydrogen) atoms. The minimum absolute atomic E-state index is 0.169. The lowest BCUT2D eigenvalue weighted by molar-refractivity contribution is -0.135. The summed E-state index contributed by atoms with van der Waals surface area (Å²) in [6.45, 7) is 5.55. The molecule has 0 aromatic carbocycles. The van der Waals surface area contributed by atoms with Crippen LogP contribution in [0.1, 0.15) is 39.5 Å². The normalized spacial score (nSPS) is 14.4. The molecule has 0 aromatic heterocycles. The van der Waals surface area contributed by atoms with Gasteiger partial charge in [0.15, 0.2) is 0 Å². The minimum Gasteiger partial charge on any atom is -0.327 e. The van der Waals surface area contributed by atoms with Crippen molar-refractivity contribution in [1.29, 1.82) is 0 Å². The van der Waals surface area contributed by atoms with Gasteiger partial charge in [0, 0.05) is 12.5 Å². The Labute approximate surface area is 95.8 Å². The van der Waals surface area contributed by atoms with E-state index in [-0.39, 0.29) is 12.5 Å². The van der Waals surface area contributed by atoms with Crippen LogP contribution in [0.3, 0.4) is 0 Å². The first kappa shape index (κ1) is 15.7. The molecule has 0 fully saturated rings. The van der Waals surface area contributed by atoms with E-state index in [0.717, 1.165) is 13.0 Å². The lowest BCUT2D eigenvalue weighted by atomic mass is 10.0. The van der Waals surface area contributed by atoms with Gasteiger partial charge in [-0.3, -0.25) is 0 Å². The Bertz CT molecular complexity index is 169. The quantitative estimate of drug-likeness (QED) is 0.640. The molecular formula is C11H23F3N2. The van der Waals surface area contributed by atoms with E-state index in [4.69, 9.17) is 5.73 Å². The van der Waals surface area contributed by atoms with Gasteiger partial charge in [-0.25, -0.2) is 0 Å². The fourth-order valence-corrected chi connectivity index (χ4v) is 1.30. The van der Waals surface area contributed by atoms with Gasteiger partial charge in [-0.1, -0.05) is 13.8 Å². The molecule has 1 atom stereocenters. The van der Waals surface area contributed by atoms with Crippen LogP contribution in [0.25, 0.3) is 0 Å². The molecule has 0 aliphatic rings. The summed E-state index contributed by atoms with van der Waals surface area (Å²) in [6.07, 6.45) is -3.06. The molecule has 0 aliphatic heterocycles. The Balaban J connectivity index is 3.22. The van der Waals surface area contributed by atoms with Gasteiger partial charge in [0.2, 0.25) is 0 Å². The van der Waals surface area contributed by atoms with Crippen molar-refractivity contribution in [3.8, 4) is 0 Å². The van der Waals surface area contributed by atoms with Crippen molar-refractivity contribution in [2.75, 3.05) is 13.1 Å². The second-order valence-electron chi connectivity index (χ2n) is 4.52. The molecule has 3 N–H and O–H groups in total. The molecule has 0 bridgehead atoms. The van der Waals surface area contributed by atoms with Crippen molar-refractivity contribution in [2.24, 2.45) is 11.7 Å². The van der Waals surface area contributed by atoms with Crippen LogP contribution < -0.4 is 11.1 Å². The number of nitrogens with one attached hydrogen (secondary N) is 1. The summed E-state index contributed by atoms with van der Waals surface area (Å²) >= 11 is 0. The molecule has 1 unspecified atom stereocenters. The molecule has 0 saturated carbocycles. The Hall–Kier alpha value is -0.290. The Morgan fingerprint density at radius 2 is 1.75 bits per heavy atom. The standard InChI is InChI=1S/C11H23F3N2/c1-9(2)10(15)5-8-16-7-4-3-6-11(12,13)14/h9-10,16H,3-8,15H2,1-2H3. The van der Waals surface area contributed by atoms with E-state index in [1.165, 1.54) is 0 Å². The first-order valence-electron chi connectivity index (χ1n) is 5.86. The van der Waals surface area contributed by atoms with E-state index in [2.05, 4.69) is 19.2 Å². The van der Waals surface area contributed by atoms with E-state index < -0.39 is 12.6 Å². The highest BCUT2D eigenvalue weighted by Crippen LogP contribution is 2.21. The van der Waals surface area contributed by atoms with Crippen LogP contribution in [0.15, 0.2) is 0 Å². The van der Waals surface area contributed by atoms with Gasteiger partial charge in [0.25, 0.3) is 0 Å². The minimum atomic E-state index is -4.01. The highest BCUT2D eigenvalue weighted by molar-refractivity contribution is 4.66. The highest BCUT2D eigenvalue weighted by Gasteiger charge is 2.25. The third-order valence-corrected chi connectivity index (χ3v) is 2.57. The number of hydrogen-bond donors (Lipinski definition) is 2. The van der Waals surface area contributed by atoms with Gasteiger partial charge < -0.3 is 11.1 Å². The SMILES string of the molecule is CC(C)C(N)CCNCCCCC(F)(F)F. The van der Waals surface area contributed by atoms with Crippen molar-refractivity contribution in [3.63, 3.8) is 0 Å². The van der Waals surface area contributed by atoms with E-state index in [1.54, 1.807) is 0 Å². The van der Waals surface area contributed by atoms with Crippen molar-refractivity contribution >= 4 is 0 Å². The average Bonchev–Trinajstić information content (AvgIpc) is 2.14. The van der Waals surface area contributed by atoms with Gasteiger partial charge >= 0.3 is 6.18 Å². The highest BCUT2D eigenvalue weighted by atomic mass is 19.4. The van der Waals surface area contributed by atoms with E-state index in [1.807, 2.05) is 0 Å². The summed E-state index contributed by atoms with van der Waals surface area (Å²) in [5, 5.41) is 3.11. The molecule has 0 radical (unpaired) electrons. The predicted molar refractivity (Wildman–Crippen MR) is 60.2 cm³/mol. The number of nitrogens with two attached hydrogens (primary N) is 1. The summed E-state index contributed by atoms with van der Waals surface area (Å²) in [6, 6.07) is 0.169. The van der Waals surface area contributed by atoms with E-state index in [9.17, 15) is 13.2 Å². The first-order chi connectivity index (χ1) is 7.33. The molecule has 0 heterocycles. The van der Waals surface area contributed by atoms with E-state index in [0.29, 0.717) is 18.9 Å². The second-order valence-corrected chi connectivity index (χ2v) is 4.52. The van der Waals surface area contributed by atoms with Gasteiger partial charge in [-0.05, 0) is 38.3 Å². The maximum absolute atomic E-state index is 11.8. The molecule has 0 rings (SSSR count). The van der Waals surface area contributed by atoms with Crippen molar-refractivity contribution < 1.29 is 13.2 Å². The van der Waals surface area contributed by atoms with Crippen LogP contribution in [0, 0.1) is 5.92 Å². The molecule has 0 aromatic rings. The van der Waals surface area contributed by atoms with Crippen molar-refractivity contribution in [2.45, 2.75) is 51.7 Å². The van der Waals surface area contributed by atoms with Crippen LogP contribution >= 0.6 is 0 Å². The molecular weight excluding hydrogens is 217 g/mol. The predicted octanol–water partition coefficient (Wildman–Crippen LogP) is 2.68. The van der Waals surface area contributed by atoms with Gasteiger partial charge in [0.1, 0.15) is 0 Å². The molecule has 2 nitrogen and oxygen atoms in total. The van der Waals surface area contributed by atoms with Crippen LogP contribution in [0.5, 0.6) is 0 Å². The zero-order chi connectivity index (χ0) is 12.6. The van der Waals surface area contributed by atoms with Crippen LogP contribution in [0.4, 0.5) is 13.2 Å².